The van der Waals surface area contributed by atoms with Gasteiger partial charge in [-0.05, 0) is 69.2 Å². The van der Waals surface area contributed by atoms with Gasteiger partial charge in [0, 0.05) is 24.5 Å². The number of aromatic hydroxyl groups is 1. The van der Waals surface area contributed by atoms with Gasteiger partial charge in [-0.1, -0.05) is 18.2 Å². The lowest BCUT2D eigenvalue weighted by atomic mass is 10.1. The molecule has 0 radical (unpaired) electrons. The number of aliphatic hydroxyl groups is 1. The van der Waals surface area contributed by atoms with Gasteiger partial charge in [0.25, 0.3) is 0 Å². The van der Waals surface area contributed by atoms with Crippen LogP contribution in [0.5, 0.6) is 5.75 Å². The molecule has 0 saturated heterocycles. The van der Waals surface area contributed by atoms with E-state index in [2.05, 4.69) is 4.98 Å². The highest BCUT2D eigenvalue weighted by molar-refractivity contribution is 7.91. The van der Waals surface area contributed by atoms with E-state index in [1.165, 1.54) is 23.2 Å². The van der Waals surface area contributed by atoms with E-state index in [9.17, 15) is 33.3 Å². The zero-order valence-corrected chi connectivity index (χ0v) is 22.1. The molecule has 1 heterocycles. The van der Waals surface area contributed by atoms with E-state index < -0.39 is 44.9 Å². The number of pyridine rings is 1. The van der Waals surface area contributed by atoms with Crippen molar-refractivity contribution in [1.82, 2.24) is 9.88 Å². The van der Waals surface area contributed by atoms with Crippen LogP contribution in [0.4, 0.5) is 4.79 Å². The van der Waals surface area contributed by atoms with Gasteiger partial charge < -0.3 is 25.0 Å². The quantitative estimate of drug-likeness (QED) is 0.366. The molecule has 0 aliphatic rings. The van der Waals surface area contributed by atoms with E-state index in [1.54, 1.807) is 51.2 Å². The molecule has 0 saturated carbocycles. The maximum absolute atomic E-state index is 13.0. The van der Waals surface area contributed by atoms with Crippen LogP contribution < -0.4 is 0 Å². The summed E-state index contributed by atoms with van der Waals surface area (Å²) in [4.78, 5) is 29.2. The van der Waals surface area contributed by atoms with Crippen molar-refractivity contribution in [3.8, 4) is 5.75 Å². The second-order valence-electron chi connectivity index (χ2n) is 9.61. The molecule has 11 heteroatoms. The van der Waals surface area contributed by atoms with Crippen LogP contribution in [0.1, 0.15) is 48.4 Å². The lowest BCUT2D eigenvalue weighted by Gasteiger charge is -2.29. The highest BCUT2D eigenvalue weighted by Gasteiger charge is 2.25. The SMILES string of the molecule is CC(C)(C)OC(=O)N(CCc1ccc(S(=O)(=O)c2ccc(O)c(C(=O)O)c2)cc1)C[C@@H](O)c1cccnc1. The van der Waals surface area contributed by atoms with E-state index >= 15 is 0 Å². The van der Waals surface area contributed by atoms with Gasteiger partial charge in [-0.25, -0.2) is 18.0 Å². The summed E-state index contributed by atoms with van der Waals surface area (Å²) in [6, 6.07) is 12.4. The minimum atomic E-state index is -4.04. The highest BCUT2D eigenvalue weighted by Crippen LogP contribution is 2.26. The second-order valence-corrected chi connectivity index (χ2v) is 11.6. The number of nitrogens with zero attached hydrogens (tertiary/aromatic N) is 2. The number of benzene rings is 2. The molecule has 1 amide bonds. The summed E-state index contributed by atoms with van der Waals surface area (Å²) < 4.78 is 31.5. The number of phenols is 1. The molecule has 0 spiro atoms. The summed E-state index contributed by atoms with van der Waals surface area (Å²) in [7, 11) is -4.04. The van der Waals surface area contributed by atoms with Crippen LogP contribution in [0.3, 0.4) is 0 Å². The topological polar surface area (TPSA) is 154 Å². The van der Waals surface area contributed by atoms with Crippen molar-refractivity contribution in [3.63, 3.8) is 0 Å². The Morgan fingerprint density at radius 2 is 1.71 bits per heavy atom. The van der Waals surface area contributed by atoms with Crippen molar-refractivity contribution in [1.29, 1.82) is 0 Å². The molecule has 3 aromatic rings. The summed E-state index contributed by atoms with van der Waals surface area (Å²) in [6.07, 6.45) is 1.87. The summed E-state index contributed by atoms with van der Waals surface area (Å²) in [5.41, 5.74) is 0.0268. The average Bonchev–Trinajstić information content (AvgIpc) is 2.86. The fourth-order valence-electron chi connectivity index (χ4n) is 3.56. The zero-order chi connectivity index (χ0) is 28.1. The number of hydrogen-bond acceptors (Lipinski definition) is 8. The molecule has 0 bridgehead atoms. The van der Waals surface area contributed by atoms with Gasteiger partial charge in [-0.15, -0.1) is 0 Å². The first-order valence-electron chi connectivity index (χ1n) is 11.7. The van der Waals surface area contributed by atoms with E-state index in [4.69, 9.17) is 4.74 Å². The number of carbonyl (C=O) groups is 2. The number of amides is 1. The molecule has 10 nitrogen and oxygen atoms in total. The number of aliphatic hydroxyl groups excluding tert-OH is 1. The van der Waals surface area contributed by atoms with Crippen LogP contribution >= 0.6 is 0 Å². The second kappa shape index (κ2) is 11.6. The van der Waals surface area contributed by atoms with Gasteiger partial charge in [-0.2, -0.15) is 0 Å². The molecule has 0 unspecified atom stereocenters. The molecule has 1 atom stereocenters. The van der Waals surface area contributed by atoms with Crippen molar-refractivity contribution in [3.05, 3.63) is 83.7 Å². The van der Waals surface area contributed by atoms with Crippen molar-refractivity contribution in [2.24, 2.45) is 0 Å². The van der Waals surface area contributed by atoms with Gasteiger partial charge in [0.1, 0.15) is 16.9 Å². The van der Waals surface area contributed by atoms with Crippen molar-refractivity contribution in [2.45, 2.75) is 48.7 Å². The Bertz CT molecular complexity index is 1380. The average molecular weight is 543 g/mol. The first-order valence-corrected chi connectivity index (χ1v) is 13.2. The third-order valence-electron chi connectivity index (χ3n) is 5.53. The maximum Gasteiger partial charge on any atom is 0.410 e. The predicted octanol–water partition coefficient (Wildman–Crippen LogP) is 3.83. The number of carboxylic acids is 1. The Balaban J connectivity index is 1.76. The van der Waals surface area contributed by atoms with Gasteiger partial charge in [0.15, 0.2) is 0 Å². The Kier molecular flexibility index (Phi) is 8.74. The Hall–Kier alpha value is -3.96. The lowest BCUT2D eigenvalue weighted by Crippen LogP contribution is -2.40. The van der Waals surface area contributed by atoms with Crippen molar-refractivity contribution in [2.75, 3.05) is 13.1 Å². The highest BCUT2D eigenvalue weighted by atomic mass is 32.2. The number of carbonyl (C=O) groups excluding carboxylic acids is 1. The third kappa shape index (κ3) is 7.30. The van der Waals surface area contributed by atoms with Crippen LogP contribution in [-0.4, -0.2) is 64.4 Å². The molecule has 0 aliphatic heterocycles. The standard InChI is InChI=1S/C27H30N2O8S/c1-27(2,3)37-26(34)29(17-24(31)19-5-4-13-28-16-19)14-12-18-6-8-20(9-7-18)38(35,36)21-10-11-23(30)22(15-21)25(32)33/h4-11,13,15-16,24,30-31H,12,14,17H2,1-3H3,(H,32,33)/t24-/m1/s1. The number of aromatic carboxylic acids is 1. The molecule has 0 aliphatic carbocycles. The van der Waals surface area contributed by atoms with E-state index in [0.717, 1.165) is 23.8 Å². The lowest BCUT2D eigenvalue weighted by molar-refractivity contribution is 0.0146. The fraction of sp³-hybridized carbons (Fsp3) is 0.296. The van der Waals surface area contributed by atoms with Crippen LogP contribution in [-0.2, 0) is 21.0 Å². The number of hydrogen-bond donors (Lipinski definition) is 3. The summed E-state index contributed by atoms with van der Waals surface area (Å²) in [5.74, 6) is -1.98. The number of sulfone groups is 1. The van der Waals surface area contributed by atoms with Crippen LogP contribution in [0, 0.1) is 0 Å². The van der Waals surface area contributed by atoms with Crippen LogP contribution in [0.2, 0.25) is 0 Å². The number of ether oxygens (including phenoxy) is 1. The molecule has 0 fully saturated rings. The molecule has 1 aromatic heterocycles. The molecule has 38 heavy (non-hydrogen) atoms. The minimum Gasteiger partial charge on any atom is -0.507 e. The largest absolute Gasteiger partial charge is 0.507 e. The van der Waals surface area contributed by atoms with Crippen molar-refractivity contribution >= 4 is 21.9 Å². The fourth-order valence-corrected chi connectivity index (χ4v) is 4.85. The van der Waals surface area contributed by atoms with E-state index in [1.807, 2.05) is 0 Å². The maximum atomic E-state index is 13.0. The van der Waals surface area contributed by atoms with Gasteiger partial charge in [-0.3, -0.25) is 4.98 Å². The number of aromatic nitrogens is 1. The van der Waals surface area contributed by atoms with E-state index in [-0.39, 0.29) is 22.9 Å². The molecule has 3 N–H and O–H groups in total. The summed E-state index contributed by atoms with van der Waals surface area (Å²) in [6.45, 7) is 5.39. The number of rotatable bonds is 9. The van der Waals surface area contributed by atoms with E-state index in [0.29, 0.717) is 12.0 Å². The molecular weight excluding hydrogens is 512 g/mol. The molecule has 2 aromatic carbocycles. The zero-order valence-electron chi connectivity index (χ0n) is 21.2. The summed E-state index contributed by atoms with van der Waals surface area (Å²) >= 11 is 0. The minimum absolute atomic E-state index is 0.0279. The van der Waals surface area contributed by atoms with Gasteiger partial charge >= 0.3 is 12.1 Å². The predicted molar refractivity (Wildman–Crippen MR) is 138 cm³/mol. The van der Waals surface area contributed by atoms with Crippen LogP contribution in [0.15, 0.2) is 76.8 Å². The third-order valence-corrected chi connectivity index (χ3v) is 7.29. The van der Waals surface area contributed by atoms with Gasteiger partial charge in [0.2, 0.25) is 9.84 Å². The normalized spacial score (nSPS) is 12.5. The van der Waals surface area contributed by atoms with Crippen molar-refractivity contribution < 1.29 is 38.1 Å². The van der Waals surface area contributed by atoms with Gasteiger partial charge in [0.05, 0.1) is 22.4 Å². The Morgan fingerprint density at radius 1 is 1.05 bits per heavy atom. The molecular formula is C27H30N2O8S. The van der Waals surface area contributed by atoms with Crippen LogP contribution in [0.25, 0.3) is 0 Å². The smallest absolute Gasteiger partial charge is 0.410 e. The first-order chi connectivity index (χ1) is 17.8. The first kappa shape index (κ1) is 28.6. The molecule has 3 rings (SSSR count). The molecule has 202 valence electrons. The summed E-state index contributed by atoms with van der Waals surface area (Å²) in [5, 5.41) is 29.5. The Labute approximate surface area is 221 Å². The Morgan fingerprint density at radius 3 is 2.29 bits per heavy atom. The monoisotopic (exact) mass is 542 g/mol. The number of carboxylic acid groups (broad SMARTS) is 1.